The number of nitrogens with zero attached hydrogens (tertiary/aromatic N) is 1. The average Bonchev–Trinajstić information content (AvgIpc) is 2.55. The number of hydrogen-bond donors (Lipinski definition) is 2. The summed E-state index contributed by atoms with van der Waals surface area (Å²) in [6.07, 6.45) is 1.60. The second-order valence-corrected chi connectivity index (χ2v) is 5.87. The Morgan fingerprint density at radius 2 is 1.83 bits per heavy atom. The van der Waals surface area contributed by atoms with Gasteiger partial charge in [-0.05, 0) is 49.3 Å². The second kappa shape index (κ2) is 6.68. The van der Waals surface area contributed by atoms with Crippen LogP contribution in [0, 0.1) is 0 Å². The van der Waals surface area contributed by atoms with E-state index in [1.54, 1.807) is 24.4 Å². The highest BCUT2D eigenvalue weighted by Crippen LogP contribution is 2.22. The molecule has 0 aliphatic carbocycles. The summed E-state index contributed by atoms with van der Waals surface area (Å²) in [5.41, 5.74) is 1.46. The standard InChI is InChI=1S/C19H19N3O2/c1-22(2)17(13-6-4-3-5-7-13)19(24)21-15-8-9-16-14(12-15)10-11-20-18(16)23/h3-12,17H,1-2H3,(H,20,23)(H,21,24). The van der Waals surface area contributed by atoms with E-state index in [9.17, 15) is 9.59 Å². The Labute approximate surface area is 139 Å². The Morgan fingerprint density at radius 1 is 1.08 bits per heavy atom. The predicted molar refractivity (Wildman–Crippen MR) is 96.1 cm³/mol. The molecule has 0 spiro atoms. The van der Waals surface area contributed by atoms with E-state index in [-0.39, 0.29) is 17.5 Å². The van der Waals surface area contributed by atoms with Crippen molar-refractivity contribution in [3.8, 4) is 0 Å². The molecule has 1 aromatic heterocycles. The molecule has 1 amide bonds. The van der Waals surface area contributed by atoms with Gasteiger partial charge < -0.3 is 10.3 Å². The van der Waals surface area contributed by atoms with Crippen molar-refractivity contribution < 1.29 is 4.79 Å². The zero-order valence-electron chi connectivity index (χ0n) is 13.6. The summed E-state index contributed by atoms with van der Waals surface area (Å²) >= 11 is 0. The van der Waals surface area contributed by atoms with Gasteiger partial charge in [-0.2, -0.15) is 0 Å². The van der Waals surface area contributed by atoms with Crippen LogP contribution in [0.5, 0.6) is 0 Å². The number of aromatic nitrogens is 1. The van der Waals surface area contributed by atoms with Gasteiger partial charge >= 0.3 is 0 Å². The topological polar surface area (TPSA) is 65.2 Å². The minimum absolute atomic E-state index is 0.115. The summed E-state index contributed by atoms with van der Waals surface area (Å²) in [5.74, 6) is -0.115. The third-order valence-electron chi connectivity index (χ3n) is 3.92. The summed E-state index contributed by atoms with van der Waals surface area (Å²) in [6, 6.07) is 16.3. The molecule has 5 heteroatoms. The molecule has 1 unspecified atom stereocenters. The minimum Gasteiger partial charge on any atom is -0.329 e. The molecule has 1 atom stereocenters. The van der Waals surface area contributed by atoms with E-state index in [2.05, 4.69) is 10.3 Å². The predicted octanol–water partition coefficient (Wildman–Crippen LogP) is 2.77. The molecule has 0 saturated carbocycles. The molecule has 2 aromatic carbocycles. The first-order valence-electron chi connectivity index (χ1n) is 7.70. The van der Waals surface area contributed by atoms with Crippen LogP contribution < -0.4 is 10.9 Å². The van der Waals surface area contributed by atoms with E-state index >= 15 is 0 Å². The molecule has 2 N–H and O–H groups in total. The van der Waals surface area contributed by atoms with E-state index in [0.29, 0.717) is 11.1 Å². The number of nitrogens with one attached hydrogen (secondary N) is 2. The molecule has 0 saturated heterocycles. The fraction of sp³-hybridized carbons (Fsp3) is 0.158. The second-order valence-electron chi connectivity index (χ2n) is 5.87. The molecular weight excluding hydrogens is 302 g/mol. The molecule has 0 radical (unpaired) electrons. The third kappa shape index (κ3) is 3.21. The number of fused-ring (bicyclic) bond motifs is 1. The van der Waals surface area contributed by atoms with Gasteiger partial charge in [0.2, 0.25) is 5.91 Å². The number of pyridine rings is 1. The van der Waals surface area contributed by atoms with Crippen molar-refractivity contribution in [2.45, 2.75) is 6.04 Å². The lowest BCUT2D eigenvalue weighted by Crippen LogP contribution is -2.32. The van der Waals surface area contributed by atoms with Crippen molar-refractivity contribution in [3.63, 3.8) is 0 Å². The molecule has 3 aromatic rings. The van der Waals surface area contributed by atoms with Gasteiger partial charge in [0, 0.05) is 17.3 Å². The fourth-order valence-electron chi connectivity index (χ4n) is 2.80. The lowest BCUT2D eigenvalue weighted by molar-refractivity contribution is -0.120. The summed E-state index contributed by atoms with van der Waals surface area (Å²) in [4.78, 5) is 29.0. The Kier molecular flexibility index (Phi) is 4.44. The lowest BCUT2D eigenvalue weighted by Gasteiger charge is -2.23. The van der Waals surface area contributed by atoms with Crippen LogP contribution in [0.25, 0.3) is 10.8 Å². The van der Waals surface area contributed by atoms with Gasteiger partial charge in [0.1, 0.15) is 6.04 Å². The number of rotatable bonds is 4. The molecule has 0 aliphatic rings. The molecule has 0 bridgehead atoms. The number of H-pyrrole nitrogens is 1. The Hall–Kier alpha value is -2.92. The van der Waals surface area contributed by atoms with Crippen LogP contribution in [0.4, 0.5) is 5.69 Å². The maximum atomic E-state index is 12.7. The van der Waals surface area contributed by atoms with Gasteiger partial charge in [-0.15, -0.1) is 0 Å². The summed E-state index contributed by atoms with van der Waals surface area (Å²) < 4.78 is 0. The highest BCUT2D eigenvalue weighted by molar-refractivity contribution is 5.97. The van der Waals surface area contributed by atoms with Gasteiger partial charge in [0.05, 0.1) is 0 Å². The van der Waals surface area contributed by atoms with Crippen molar-refractivity contribution in [1.29, 1.82) is 0 Å². The first kappa shape index (κ1) is 16.0. The SMILES string of the molecule is CN(C)C(C(=O)Nc1ccc2c(=O)[nH]ccc2c1)c1ccccc1. The normalized spacial score (nSPS) is 12.3. The highest BCUT2D eigenvalue weighted by atomic mass is 16.2. The Morgan fingerprint density at radius 3 is 2.54 bits per heavy atom. The van der Waals surface area contributed by atoms with Crippen LogP contribution in [0.1, 0.15) is 11.6 Å². The average molecular weight is 321 g/mol. The van der Waals surface area contributed by atoms with Crippen molar-refractivity contribution in [2.75, 3.05) is 19.4 Å². The maximum Gasteiger partial charge on any atom is 0.255 e. The first-order chi connectivity index (χ1) is 11.6. The van der Waals surface area contributed by atoms with E-state index in [4.69, 9.17) is 0 Å². The van der Waals surface area contributed by atoms with Crippen LogP contribution >= 0.6 is 0 Å². The molecule has 3 rings (SSSR count). The van der Waals surface area contributed by atoms with Crippen molar-refractivity contribution in [1.82, 2.24) is 9.88 Å². The summed E-state index contributed by atoms with van der Waals surface area (Å²) in [6.45, 7) is 0. The van der Waals surface area contributed by atoms with E-state index in [1.165, 1.54) is 0 Å². The van der Waals surface area contributed by atoms with Crippen LogP contribution in [0.3, 0.4) is 0 Å². The molecule has 0 fully saturated rings. The Balaban J connectivity index is 1.89. The molecule has 0 aliphatic heterocycles. The van der Waals surface area contributed by atoms with Gasteiger partial charge in [-0.3, -0.25) is 14.5 Å². The molecular formula is C19H19N3O2. The zero-order valence-corrected chi connectivity index (χ0v) is 13.6. The van der Waals surface area contributed by atoms with E-state index in [0.717, 1.165) is 10.9 Å². The number of benzene rings is 2. The molecule has 122 valence electrons. The number of anilines is 1. The fourth-order valence-corrected chi connectivity index (χ4v) is 2.80. The van der Waals surface area contributed by atoms with Crippen LogP contribution in [-0.2, 0) is 4.79 Å². The van der Waals surface area contributed by atoms with Crippen LogP contribution in [-0.4, -0.2) is 29.9 Å². The molecule has 1 heterocycles. The van der Waals surface area contributed by atoms with E-state index in [1.807, 2.05) is 55.4 Å². The highest BCUT2D eigenvalue weighted by Gasteiger charge is 2.22. The number of hydrogen-bond acceptors (Lipinski definition) is 3. The number of amides is 1. The van der Waals surface area contributed by atoms with Gasteiger partial charge in [0.25, 0.3) is 5.56 Å². The van der Waals surface area contributed by atoms with Crippen molar-refractivity contribution in [3.05, 3.63) is 76.7 Å². The number of carbonyl (C=O) groups is 1. The first-order valence-corrected chi connectivity index (χ1v) is 7.70. The number of aromatic amines is 1. The maximum absolute atomic E-state index is 12.7. The van der Waals surface area contributed by atoms with E-state index < -0.39 is 0 Å². The number of carbonyl (C=O) groups excluding carboxylic acids is 1. The van der Waals surface area contributed by atoms with Gasteiger partial charge in [-0.1, -0.05) is 30.3 Å². The molecule has 5 nitrogen and oxygen atoms in total. The monoisotopic (exact) mass is 321 g/mol. The summed E-state index contributed by atoms with van der Waals surface area (Å²) in [7, 11) is 3.74. The smallest absolute Gasteiger partial charge is 0.255 e. The van der Waals surface area contributed by atoms with Crippen molar-refractivity contribution in [2.24, 2.45) is 0 Å². The largest absolute Gasteiger partial charge is 0.329 e. The molecule has 24 heavy (non-hydrogen) atoms. The van der Waals surface area contributed by atoms with Crippen LogP contribution in [0.15, 0.2) is 65.6 Å². The third-order valence-corrected chi connectivity index (χ3v) is 3.92. The van der Waals surface area contributed by atoms with Crippen molar-refractivity contribution >= 4 is 22.4 Å². The minimum atomic E-state index is -0.388. The quantitative estimate of drug-likeness (QED) is 0.776. The van der Waals surface area contributed by atoms with Crippen LogP contribution in [0.2, 0.25) is 0 Å². The Bertz CT molecular complexity index is 917. The van der Waals surface area contributed by atoms with Gasteiger partial charge in [-0.25, -0.2) is 0 Å². The lowest BCUT2D eigenvalue weighted by atomic mass is 10.0. The zero-order chi connectivity index (χ0) is 17.1. The number of likely N-dealkylation sites (N-methyl/N-ethyl adjacent to an activating group) is 1. The van der Waals surface area contributed by atoms with Gasteiger partial charge in [0.15, 0.2) is 0 Å². The summed E-state index contributed by atoms with van der Waals surface area (Å²) in [5, 5.41) is 4.33.